The van der Waals surface area contributed by atoms with Crippen molar-refractivity contribution in [3.63, 3.8) is 0 Å². The third-order valence-corrected chi connectivity index (χ3v) is 3.47. The number of carboxylic acids is 1. The number of hydrogen-bond acceptors (Lipinski definition) is 2. The maximum absolute atomic E-state index is 12.3. The summed E-state index contributed by atoms with van der Waals surface area (Å²) in [4.78, 5) is 23.2. The van der Waals surface area contributed by atoms with E-state index in [-0.39, 0.29) is 21.2 Å². The SMILES string of the molecule is O=C(O)c1cc(Cl)c(C(=O)c2ccc(Cl)cc2)c(Cl)c1. The van der Waals surface area contributed by atoms with Crippen LogP contribution in [0, 0.1) is 0 Å². The van der Waals surface area contributed by atoms with Crippen LogP contribution in [0.4, 0.5) is 0 Å². The van der Waals surface area contributed by atoms with Crippen molar-refractivity contribution < 1.29 is 14.7 Å². The number of halogens is 3. The largest absolute Gasteiger partial charge is 0.478 e. The first-order valence-corrected chi connectivity index (χ1v) is 6.56. The van der Waals surface area contributed by atoms with Gasteiger partial charge in [0.15, 0.2) is 5.78 Å². The Morgan fingerprint density at radius 1 is 0.850 bits per heavy atom. The minimum Gasteiger partial charge on any atom is -0.478 e. The molecular formula is C14H7Cl3O3. The summed E-state index contributed by atoms with van der Waals surface area (Å²) in [5.41, 5.74) is 0.356. The lowest BCUT2D eigenvalue weighted by molar-refractivity contribution is 0.0696. The summed E-state index contributed by atoms with van der Waals surface area (Å²) >= 11 is 17.7. The predicted molar refractivity (Wildman–Crippen MR) is 78.3 cm³/mol. The second-order valence-corrected chi connectivity index (χ2v) is 5.21. The van der Waals surface area contributed by atoms with Gasteiger partial charge in [-0.05, 0) is 36.4 Å². The molecule has 0 atom stereocenters. The van der Waals surface area contributed by atoms with Crippen LogP contribution in [-0.2, 0) is 0 Å². The molecule has 102 valence electrons. The van der Waals surface area contributed by atoms with Crippen LogP contribution in [0.1, 0.15) is 26.3 Å². The molecule has 2 aromatic rings. The zero-order chi connectivity index (χ0) is 14.9. The molecule has 0 amide bonds. The Kier molecular flexibility index (Phi) is 4.33. The van der Waals surface area contributed by atoms with Gasteiger partial charge >= 0.3 is 5.97 Å². The molecule has 6 heteroatoms. The Hall–Kier alpha value is -1.55. The first kappa shape index (κ1) is 14.9. The summed E-state index contributed by atoms with van der Waals surface area (Å²) < 4.78 is 0. The fourth-order valence-electron chi connectivity index (χ4n) is 1.66. The van der Waals surface area contributed by atoms with E-state index in [0.717, 1.165) is 0 Å². The predicted octanol–water partition coefficient (Wildman–Crippen LogP) is 4.58. The number of carboxylic acid groups (broad SMARTS) is 1. The van der Waals surface area contributed by atoms with Crippen LogP contribution >= 0.6 is 34.8 Å². The van der Waals surface area contributed by atoms with Crippen molar-refractivity contribution in [1.82, 2.24) is 0 Å². The van der Waals surface area contributed by atoms with Gasteiger partial charge in [0.05, 0.1) is 21.2 Å². The summed E-state index contributed by atoms with van der Waals surface area (Å²) in [6.45, 7) is 0. The van der Waals surface area contributed by atoms with Gasteiger partial charge in [-0.15, -0.1) is 0 Å². The Labute approximate surface area is 129 Å². The average Bonchev–Trinajstić information content (AvgIpc) is 2.38. The molecule has 0 bridgehead atoms. The van der Waals surface area contributed by atoms with E-state index < -0.39 is 11.8 Å². The molecule has 2 aromatic carbocycles. The molecular weight excluding hydrogens is 323 g/mol. The first-order chi connectivity index (χ1) is 9.40. The van der Waals surface area contributed by atoms with E-state index >= 15 is 0 Å². The molecule has 0 aromatic heterocycles. The monoisotopic (exact) mass is 328 g/mol. The van der Waals surface area contributed by atoms with Gasteiger partial charge in [0.25, 0.3) is 0 Å². The highest BCUT2D eigenvalue weighted by molar-refractivity contribution is 6.41. The number of hydrogen-bond donors (Lipinski definition) is 1. The van der Waals surface area contributed by atoms with Crippen molar-refractivity contribution in [2.45, 2.75) is 0 Å². The summed E-state index contributed by atoms with van der Waals surface area (Å²) in [6.07, 6.45) is 0. The van der Waals surface area contributed by atoms with E-state index in [9.17, 15) is 9.59 Å². The summed E-state index contributed by atoms with van der Waals surface area (Å²) in [5, 5.41) is 9.38. The smallest absolute Gasteiger partial charge is 0.335 e. The third-order valence-electron chi connectivity index (χ3n) is 2.62. The summed E-state index contributed by atoms with van der Waals surface area (Å²) in [5.74, 6) is -1.56. The highest BCUT2D eigenvalue weighted by atomic mass is 35.5. The van der Waals surface area contributed by atoms with Gasteiger partial charge < -0.3 is 5.11 Å². The molecule has 2 rings (SSSR count). The lowest BCUT2D eigenvalue weighted by Gasteiger charge is -2.08. The molecule has 0 aliphatic carbocycles. The molecule has 0 unspecified atom stereocenters. The maximum Gasteiger partial charge on any atom is 0.335 e. The second-order valence-electron chi connectivity index (χ2n) is 3.96. The van der Waals surface area contributed by atoms with Crippen LogP contribution in [0.5, 0.6) is 0 Å². The van der Waals surface area contributed by atoms with Gasteiger partial charge in [-0.25, -0.2) is 4.79 Å². The van der Waals surface area contributed by atoms with Crippen LogP contribution in [0.25, 0.3) is 0 Å². The van der Waals surface area contributed by atoms with Crippen molar-refractivity contribution in [3.8, 4) is 0 Å². The zero-order valence-electron chi connectivity index (χ0n) is 9.86. The lowest BCUT2D eigenvalue weighted by atomic mass is 10.0. The second kappa shape index (κ2) is 5.83. The van der Waals surface area contributed by atoms with E-state index in [1.165, 1.54) is 12.1 Å². The van der Waals surface area contributed by atoms with Gasteiger partial charge in [0, 0.05) is 10.6 Å². The molecule has 0 spiro atoms. The standard InChI is InChI=1S/C14H7Cl3O3/c15-9-3-1-7(2-4-9)13(18)12-10(16)5-8(14(19)20)6-11(12)17/h1-6H,(H,19,20). The molecule has 3 nitrogen and oxygen atoms in total. The fourth-order valence-corrected chi connectivity index (χ4v) is 2.44. The number of aromatic carboxylic acids is 1. The Balaban J connectivity index is 2.50. The Morgan fingerprint density at radius 2 is 1.35 bits per heavy atom. The van der Waals surface area contributed by atoms with Crippen molar-refractivity contribution >= 4 is 46.6 Å². The Bertz CT molecular complexity index is 670. The van der Waals surface area contributed by atoms with Gasteiger partial charge in [0.2, 0.25) is 0 Å². The molecule has 20 heavy (non-hydrogen) atoms. The van der Waals surface area contributed by atoms with Crippen LogP contribution in [-0.4, -0.2) is 16.9 Å². The molecule has 0 aliphatic rings. The van der Waals surface area contributed by atoms with Crippen molar-refractivity contribution in [2.75, 3.05) is 0 Å². The average molecular weight is 330 g/mol. The van der Waals surface area contributed by atoms with E-state index in [2.05, 4.69) is 0 Å². The van der Waals surface area contributed by atoms with E-state index in [1.54, 1.807) is 24.3 Å². The third kappa shape index (κ3) is 2.96. The molecule has 1 N–H and O–H groups in total. The molecule has 0 saturated heterocycles. The summed E-state index contributed by atoms with van der Waals surface area (Å²) in [7, 11) is 0. The van der Waals surface area contributed by atoms with E-state index in [1.807, 2.05) is 0 Å². The number of ketones is 1. The van der Waals surface area contributed by atoms with Crippen molar-refractivity contribution in [1.29, 1.82) is 0 Å². The highest BCUT2D eigenvalue weighted by Crippen LogP contribution is 2.29. The van der Waals surface area contributed by atoms with Gasteiger partial charge in [-0.3, -0.25) is 4.79 Å². The zero-order valence-corrected chi connectivity index (χ0v) is 12.1. The van der Waals surface area contributed by atoms with Gasteiger partial charge in [0.1, 0.15) is 0 Å². The molecule has 0 fully saturated rings. The summed E-state index contributed by atoms with van der Waals surface area (Å²) in [6, 6.07) is 8.62. The maximum atomic E-state index is 12.3. The molecule has 0 radical (unpaired) electrons. The lowest BCUT2D eigenvalue weighted by Crippen LogP contribution is -2.05. The van der Waals surface area contributed by atoms with Crippen molar-refractivity contribution in [2.24, 2.45) is 0 Å². The molecule has 0 aliphatic heterocycles. The minimum atomic E-state index is -1.17. The van der Waals surface area contributed by atoms with Crippen LogP contribution < -0.4 is 0 Å². The highest BCUT2D eigenvalue weighted by Gasteiger charge is 2.19. The number of carbonyl (C=O) groups excluding carboxylic acids is 1. The first-order valence-electron chi connectivity index (χ1n) is 5.42. The van der Waals surface area contributed by atoms with E-state index in [4.69, 9.17) is 39.9 Å². The number of carbonyl (C=O) groups is 2. The Morgan fingerprint density at radius 3 is 1.80 bits per heavy atom. The quantitative estimate of drug-likeness (QED) is 0.839. The minimum absolute atomic E-state index is 0.00477. The van der Waals surface area contributed by atoms with Crippen LogP contribution in [0.15, 0.2) is 36.4 Å². The number of benzene rings is 2. The van der Waals surface area contributed by atoms with Crippen LogP contribution in [0.3, 0.4) is 0 Å². The van der Waals surface area contributed by atoms with Gasteiger partial charge in [-0.2, -0.15) is 0 Å². The van der Waals surface area contributed by atoms with E-state index in [0.29, 0.717) is 10.6 Å². The van der Waals surface area contributed by atoms with Crippen LogP contribution in [0.2, 0.25) is 15.1 Å². The molecule has 0 saturated carbocycles. The molecule has 0 heterocycles. The van der Waals surface area contributed by atoms with Crippen molar-refractivity contribution in [3.05, 3.63) is 68.2 Å². The normalized spacial score (nSPS) is 10.3. The number of rotatable bonds is 3. The topological polar surface area (TPSA) is 54.4 Å². The fraction of sp³-hybridized carbons (Fsp3) is 0. The van der Waals surface area contributed by atoms with Gasteiger partial charge in [-0.1, -0.05) is 34.8 Å².